The highest BCUT2D eigenvalue weighted by Crippen LogP contribution is 2.30. The van der Waals surface area contributed by atoms with Crippen molar-refractivity contribution < 1.29 is 26.4 Å². The van der Waals surface area contributed by atoms with Crippen molar-refractivity contribution in [3.8, 4) is 11.3 Å². The fourth-order valence-electron chi connectivity index (χ4n) is 3.28. The molecule has 0 saturated heterocycles. The minimum Gasteiger partial charge on any atom is -0.298 e. The molecule has 3 aromatic rings. The van der Waals surface area contributed by atoms with Crippen LogP contribution in [-0.4, -0.2) is 40.4 Å². The molecule has 0 bridgehead atoms. The maximum atomic E-state index is 13.2. The van der Waals surface area contributed by atoms with Crippen LogP contribution in [-0.2, 0) is 38.4 Å². The van der Waals surface area contributed by atoms with Crippen LogP contribution >= 0.6 is 0 Å². The number of aromatic nitrogens is 4. The fourth-order valence-corrected chi connectivity index (χ4v) is 3.89. The zero-order chi connectivity index (χ0) is 25.3. The van der Waals surface area contributed by atoms with Gasteiger partial charge in [-0.2, -0.15) is 13.2 Å². The number of benzene rings is 1. The van der Waals surface area contributed by atoms with Crippen molar-refractivity contribution in [3.05, 3.63) is 71.2 Å². The second-order valence-corrected chi connectivity index (χ2v) is 10.7. The molecule has 0 spiro atoms. The average Bonchev–Trinajstić information content (AvgIpc) is 2.73. The van der Waals surface area contributed by atoms with E-state index in [4.69, 9.17) is 0 Å². The van der Waals surface area contributed by atoms with Gasteiger partial charge in [0.1, 0.15) is 17.4 Å². The van der Waals surface area contributed by atoms with Crippen molar-refractivity contribution >= 4 is 15.6 Å². The number of aryl methyl sites for hydroxylation is 1. The number of nitrogens with zero attached hydrogens (tertiary/aromatic N) is 4. The molecule has 0 aliphatic rings. The van der Waals surface area contributed by atoms with Crippen LogP contribution in [0.25, 0.3) is 11.3 Å². The first-order valence-corrected chi connectivity index (χ1v) is 12.3. The SMILES string of the molecule is Cc1cc(-c2cncc(C(F)(F)F)n2)ccc1CC(=O)C(C)(C)c1ccnc(CS(C)(=O)=O)n1. The lowest BCUT2D eigenvalue weighted by molar-refractivity contribution is -0.141. The van der Waals surface area contributed by atoms with Gasteiger partial charge in [0, 0.05) is 24.4 Å². The molecular weight excluding hydrogens is 469 g/mol. The smallest absolute Gasteiger partial charge is 0.298 e. The molecule has 0 aliphatic carbocycles. The summed E-state index contributed by atoms with van der Waals surface area (Å²) in [5, 5.41) is 0. The molecule has 0 aliphatic heterocycles. The molecule has 2 aromatic heterocycles. The summed E-state index contributed by atoms with van der Waals surface area (Å²) in [6.45, 7) is 5.16. The lowest BCUT2D eigenvalue weighted by Crippen LogP contribution is -2.32. The molecule has 34 heavy (non-hydrogen) atoms. The average molecular weight is 493 g/mol. The van der Waals surface area contributed by atoms with Crippen molar-refractivity contribution in [1.29, 1.82) is 0 Å². The van der Waals surface area contributed by atoms with E-state index in [2.05, 4.69) is 19.9 Å². The summed E-state index contributed by atoms with van der Waals surface area (Å²) in [6.07, 6.45) is -0.122. The maximum absolute atomic E-state index is 13.2. The summed E-state index contributed by atoms with van der Waals surface area (Å²) in [7, 11) is -3.33. The number of rotatable bonds is 7. The van der Waals surface area contributed by atoms with Gasteiger partial charge in [-0.3, -0.25) is 9.78 Å². The minimum absolute atomic E-state index is 0.0544. The molecular formula is C23H23F3N4O3S. The van der Waals surface area contributed by atoms with Gasteiger partial charge in [0.15, 0.2) is 15.5 Å². The zero-order valence-electron chi connectivity index (χ0n) is 19.0. The van der Waals surface area contributed by atoms with E-state index in [1.165, 1.54) is 12.4 Å². The summed E-state index contributed by atoms with van der Waals surface area (Å²) in [5.41, 5.74) is 0.243. The molecule has 0 radical (unpaired) electrons. The Morgan fingerprint density at radius 1 is 1.03 bits per heavy atom. The number of hydrogen-bond donors (Lipinski definition) is 0. The summed E-state index contributed by atoms with van der Waals surface area (Å²) in [4.78, 5) is 28.7. The lowest BCUT2D eigenvalue weighted by atomic mass is 9.81. The molecule has 180 valence electrons. The van der Waals surface area contributed by atoms with Gasteiger partial charge in [-0.15, -0.1) is 0 Å². The van der Waals surface area contributed by atoms with E-state index in [9.17, 15) is 26.4 Å². The molecule has 0 unspecified atom stereocenters. The van der Waals surface area contributed by atoms with E-state index in [1.54, 1.807) is 45.0 Å². The topological polar surface area (TPSA) is 103 Å². The molecule has 0 amide bonds. The number of carbonyl (C=O) groups excluding carboxylic acids is 1. The number of halogens is 3. The zero-order valence-corrected chi connectivity index (χ0v) is 19.8. The molecule has 0 N–H and O–H groups in total. The molecule has 11 heteroatoms. The molecule has 1 aromatic carbocycles. The quantitative estimate of drug-likeness (QED) is 0.493. The molecule has 0 fully saturated rings. The van der Waals surface area contributed by atoms with Crippen LogP contribution in [0.2, 0.25) is 0 Å². The van der Waals surface area contributed by atoms with Crippen LogP contribution in [0, 0.1) is 6.92 Å². The monoisotopic (exact) mass is 492 g/mol. The van der Waals surface area contributed by atoms with Crippen LogP contribution in [0.15, 0.2) is 42.9 Å². The molecule has 2 heterocycles. The van der Waals surface area contributed by atoms with E-state index < -0.39 is 27.1 Å². The van der Waals surface area contributed by atoms with Gasteiger partial charge in [-0.05, 0) is 44.0 Å². The number of ketones is 1. The van der Waals surface area contributed by atoms with Gasteiger partial charge >= 0.3 is 6.18 Å². The Kier molecular flexibility index (Phi) is 6.88. The Morgan fingerprint density at radius 2 is 1.74 bits per heavy atom. The highest BCUT2D eigenvalue weighted by molar-refractivity contribution is 7.89. The van der Waals surface area contributed by atoms with Gasteiger partial charge in [0.05, 0.1) is 29.2 Å². The summed E-state index contributed by atoms with van der Waals surface area (Å²) < 4.78 is 62.0. The second-order valence-electron chi connectivity index (χ2n) is 8.58. The fraction of sp³-hybridized carbons (Fsp3) is 0.348. The third-order valence-corrected chi connectivity index (χ3v) is 6.13. The Bertz CT molecular complexity index is 1340. The van der Waals surface area contributed by atoms with Gasteiger partial charge in [0.2, 0.25) is 0 Å². The van der Waals surface area contributed by atoms with E-state index >= 15 is 0 Å². The van der Waals surface area contributed by atoms with Gasteiger partial charge < -0.3 is 0 Å². The van der Waals surface area contributed by atoms with Crippen molar-refractivity contribution in [3.63, 3.8) is 0 Å². The lowest BCUT2D eigenvalue weighted by Gasteiger charge is -2.23. The predicted molar refractivity (Wildman–Crippen MR) is 120 cm³/mol. The van der Waals surface area contributed by atoms with Crippen molar-refractivity contribution in [2.45, 2.75) is 44.5 Å². The minimum atomic E-state index is -4.60. The largest absolute Gasteiger partial charge is 0.434 e. The summed E-state index contributed by atoms with van der Waals surface area (Å²) in [6, 6.07) is 6.51. The Labute approximate surface area is 195 Å². The first kappa shape index (κ1) is 25.4. The third kappa shape index (κ3) is 6.02. The van der Waals surface area contributed by atoms with Crippen LogP contribution in [0.1, 0.15) is 42.2 Å². The Morgan fingerprint density at radius 3 is 2.35 bits per heavy atom. The second kappa shape index (κ2) is 9.21. The van der Waals surface area contributed by atoms with Crippen molar-refractivity contribution in [1.82, 2.24) is 19.9 Å². The molecule has 7 nitrogen and oxygen atoms in total. The third-order valence-electron chi connectivity index (χ3n) is 5.35. The number of alkyl halides is 3. The molecule has 0 atom stereocenters. The van der Waals surface area contributed by atoms with Gasteiger partial charge in [-0.25, -0.2) is 23.4 Å². The normalized spacial score (nSPS) is 12.6. The van der Waals surface area contributed by atoms with Crippen LogP contribution < -0.4 is 0 Å². The Hall–Kier alpha value is -3.21. The highest BCUT2D eigenvalue weighted by Gasteiger charge is 2.34. The van der Waals surface area contributed by atoms with Crippen LogP contribution in [0.5, 0.6) is 0 Å². The van der Waals surface area contributed by atoms with Gasteiger partial charge in [0.25, 0.3) is 0 Å². The number of hydrogen-bond acceptors (Lipinski definition) is 7. The number of sulfone groups is 1. The van der Waals surface area contributed by atoms with Crippen molar-refractivity contribution in [2.24, 2.45) is 0 Å². The van der Waals surface area contributed by atoms with Gasteiger partial charge in [-0.1, -0.05) is 12.1 Å². The summed E-state index contributed by atoms with van der Waals surface area (Å²) >= 11 is 0. The van der Waals surface area contributed by atoms with Crippen LogP contribution in [0.3, 0.4) is 0 Å². The standard InChI is InChI=1S/C23H23F3N4O3S/c1-14-9-16(17-11-27-12-19(29-17)23(24,25)26)6-5-15(14)10-20(31)22(2,3)18-7-8-28-21(30-18)13-34(4,32)33/h5-9,11-12H,10,13H2,1-4H3. The molecule has 3 rings (SSSR count). The van der Waals surface area contributed by atoms with E-state index in [0.29, 0.717) is 28.6 Å². The number of carbonyl (C=O) groups is 1. The van der Waals surface area contributed by atoms with E-state index in [-0.39, 0.29) is 29.5 Å². The molecule has 0 saturated carbocycles. The highest BCUT2D eigenvalue weighted by atomic mass is 32.2. The predicted octanol–water partition coefficient (Wildman–Crippen LogP) is 3.89. The van der Waals surface area contributed by atoms with Crippen LogP contribution in [0.4, 0.5) is 13.2 Å². The van der Waals surface area contributed by atoms with E-state index in [0.717, 1.165) is 6.26 Å². The first-order valence-electron chi connectivity index (χ1n) is 10.2. The van der Waals surface area contributed by atoms with E-state index in [1.807, 2.05) is 0 Å². The summed E-state index contributed by atoms with van der Waals surface area (Å²) in [5.74, 6) is -0.376. The van der Waals surface area contributed by atoms with Crippen molar-refractivity contribution in [2.75, 3.05) is 6.26 Å². The maximum Gasteiger partial charge on any atom is 0.434 e. The number of Topliss-reactive ketones (excluding diaryl/α,β-unsaturated/α-hetero) is 1. The Balaban J connectivity index is 1.83. The first-order chi connectivity index (χ1) is 15.7.